The van der Waals surface area contributed by atoms with E-state index in [1.165, 1.54) is 100 Å². The minimum absolute atomic E-state index is 0. The molecular formula is C51H72N2O7. The van der Waals surface area contributed by atoms with Crippen molar-refractivity contribution in [1.29, 1.82) is 0 Å². The van der Waals surface area contributed by atoms with E-state index < -0.39 is 0 Å². The quantitative estimate of drug-likeness (QED) is 0.135. The smallest absolute Gasteiger partial charge is 0.311 e. The molecule has 0 atom stereocenters. The van der Waals surface area contributed by atoms with Crippen LogP contribution in [0.5, 0.6) is 11.5 Å². The summed E-state index contributed by atoms with van der Waals surface area (Å²) < 4.78 is 15.9. The average molecular weight is 825 g/mol. The van der Waals surface area contributed by atoms with Crippen LogP contribution in [0.4, 0.5) is 0 Å². The van der Waals surface area contributed by atoms with Crippen LogP contribution in [0, 0.1) is 23.7 Å². The van der Waals surface area contributed by atoms with Gasteiger partial charge in [-0.05, 0) is 132 Å². The highest BCUT2D eigenvalue weighted by Crippen LogP contribution is 2.32. The van der Waals surface area contributed by atoms with Gasteiger partial charge in [0.25, 0.3) is 0 Å². The third-order valence-corrected chi connectivity index (χ3v) is 12.9. The van der Waals surface area contributed by atoms with Crippen LogP contribution >= 0.6 is 0 Å². The number of carbonyl (C=O) groups excluding carboxylic acids is 2. The molecule has 9 nitrogen and oxygen atoms in total. The molecule has 4 fully saturated rings. The summed E-state index contributed by atoms with van der Waals surface area (Å²) in [6, 6.07) is 24.7. The molecule has 0 aromatic heterocycles. The van der Waals surface area contributed by atoms with Gasteiger partial charge in [0.1, 0.15) is 11.5 Å². The van der Waals surface area contributed by atoms with Crippen molar-refractivity contribution in [1.82, 2.24) is 9.80 Å². The third kappa shape index (κ3) is 13.4. The number of aliphatic hydroxyl groups is 1. The number of methoxy groups -OCH3 is 2. The molecule has 0 amide bonds. The first-order valence-electron chi connectivity index (χ1n) is 22.3. The molecule has 4 aromatic rings. The van der Waals surface area contributed by atoms with Gasteiger partial charge in [-0.3, -0.25) is 19.4 Å². The number of hydrogen-bond donors (Lipinski definition) is 2. The third-order valence-electron chi connectivity index (χ3n) is 12.9. The van der Waals surface area contributed by atoms with Gasteiger partial charge in [0, 0.05) is 39.3 Å². The van der Waals surface area contributed by atoms with Crippen molar-refractivity contribution in [2.24, 2.45) is 23.7 Å². The van der Waals surface area contributed by atoms with Crippen molar-refractivity contribution >= 4 is 33.5 Å². The lowest BCUT2D eigenvalue weighted by Gasteiger charge is -2.37. The molecule has 9 heteroatoms. The number of aromatic hydroxyl groups is 1. The maximum atomic E-state index is 11.5. The lowest BCUT2D eigenvalue weighted by molar-refractivity contribution is -0.152. The van der Waals surface area contributed by atoms with Crippen LogP contribution in [0.25, 0.3) is 21.5 Å². The Labute approximate surface area is 359 Å². The van der Waals surface area contributed by atoms with Crippen molar-refractivity contribution in [2.45, 2.75) is 124 Å². The van der Waals surface area contributed by atoms with Gasteiger partial charge in [-0.2, -0.15) is 0 Å². The Bertz CT molecular complexity index is 1940. The number of aliphatic hydroxyl groups excluding tert-OH is 1. The number of hydrogen-bond acceptors (Lipinski definition) is 9. The van der Waals surface area contributed by atoms with E-state index in [1.54, 1.807) is 12.1 Å². The predicted octanol–water partition coefficient (Wildman–Crippen LogP) is 10.3. The van der Waals surface area contributed by atoms with Gasteiger partial charge < -0.3 is 24.4 Å². The second-order valence-corrected chi connectivity index (χ2v) is 17.5. The Hall–Kier alpha value is -4.18. The summed E-state index contributed by atoms with van der Waals surface area (Å²) in [6.45, 7) is 9.35. The first kappa shape index (κ1) is 46.9. The number of phenols is 1. The van der Waals surface area contributed by atoms with Crippen LogP contribution in [0.3, 0.4) is 0 Å². The maximum Gasteiger partial charge on any atom is 0.311 e. The van der Waals surface area contributed by atoms with Gasteiger partial charge in [0.2, 0.25) is 0 Å². The number of carbonyl (C=O) groups is 2. The van der Waals surface area contributed by atoms with E-state index in [-0.39, 0.29) is 43.1 Å². The molecule has 0 unspecified atom stereocenters. The molecule has 2 saturated carbocycles. The van der Waals surface area contributed by atoms with Crippen LogP contribution in [0.15, 0.2) is 72.8 Å². The first-order chi connectivity index (χ1) is 28.6. The fraction of sp³-hybridized carbons (Fsp3) is 0.569. The summed E-state index contributed by atoms with van der Waals surface area (Å²) in [4.78, 5) is 27.4. The highest BCUT2D eigenvalue weighted by molar-refractivity contribution is 5.85. The molecule has 4 aromatic carbocycles. The number of nitrogens with zero attached hydrogens (tertiary/aromatic N) is 2. The number of ether oxygens (including phenoxy) is 3. The normalized spacial score (nSPS) is 22.1. The van der Waals surface area contributed by atoms with Gasteiger partial charge in [-0.1, -0.05) is 83.4 Å². The van der Waals surface area contributed by atoms with E-state index in [1.807, 2.05) is 12.1 Å². The number of fused-ring (bicyclic) bond motifs is 2. The zero-order chi connectivity index (χ0) is 41.7. The van der Waals surface area contributed by atoms with Gasteiger partial charge in [-0.15, -0.1) is 0 Å². The molecule has 0 spiro atoms. The summed E-state index contributed by atoms with van der Waals surface area (Å²) in [5.41, 5.74) is 2.50. The van der Waals surface area contributed by atoms with E-state index >= 15 is 0 Å². The molecule has 2 saturated heterocycles. The Kier molecular flexibility index (Phi) is 18.1. The number of benzene rings is 4. The summed E-state index contributed by atoms with van der Waals surface area (Å²) in [6.07, 6.45) is 15.3. The van der Waals surface area contributed by atoms with E-state index in [0.717, 1.165) is 80.5 Å². The van der Waals surface area contributed by atoms with Crippen LogP contribution < -0.4 is 4.74 Å². The summed E-state index contributed by atoms with van der Waals surface area (Å²) >= 11 is 0. The minimum Gasteiger partial charge on any atom is -0.508 e. The Morgan fingerprint density at radius 3 is 1.52 bits per heavy atom. The molecule has 4 aliphatic rings. The summed E-state index contributed by atoms with van der Waals surface area (Å²) in [5.74, 6) is 2.97. The van der Waals surface area contributed by atoms with Crippen molar-refractivity contribution in [3.63, 3.8) is 0 Å². The Morgan fingerprint density at radius 1 is 0.600 bits per heavy atom. The van der Waals surface area contributed by atoms with Crippen LogP contribution in [-0.4, -0.2) is 84.6 Å². The zero-order valence-corrected chi connectivity index (χ0v) is 36.0. The summed E-state index contributed by atoms with van der Waals surface area (Å²) in [5, 5.41) is 23.3. The van der Waals surface area contributed by atoms with E-state index in [0.29, 0.717) is 6.10 Å². The second-order valence-electron chi connectivity index (χ2n) is 17.5. The summed E-state index contributed by atoms with van der Waals surface area (Å²) in [7, 11) is 2.90. The predicted molar refractivity (Wildman–Crippen MR) is 242 cm³/mol. The zero-order valence-electron chi connectivity index (χ0n) is 36.0. The van der Waals surface area contributed by atoms with Gasteiger partial charge in [-0.25, -0.2) is 0 Å². The Morgan fingerprint density at radius 2 is 1.03 bits per heavy atom. The number of phenolic OH excluding ortho intramolecular Hbond substituents is 1. The van der Waals surface area contributed by atoms with Crippen molar-refractivity contribution in [2.75, 3.05) is 40.4 Å². The average Bonchev–Trinajstić information content (AvgIpc) is 3.22. The minimum atomic E-state index is -0.116. The second kappa shape index (κ2) is 23.2. The standard InChI is InChI=1S/C25H33NO3.C16H17NO3.C9H18O.CH4/c1-3-4-18-6-10-23(11-7-18)29-24-12-9-20-13-19(5-8-21(20)14-24)15-26-16-22(17-26)25(27)28-2;1-20-16(19)14-9-17(10-14)8-11-2-3-13-7-15(18)5-4-12(13)6-11;1-2-3-8-4-6-9(10)7-5-8;/h5,8-9,12-14,18,22-23H,3-4,6-7,10-11,15-17H2,1-2H3;2-7,14,18H,8-10H2,1H3;8-10H,2-7H2,1H3;1H4. The molecule has 2 aliphatic carbocycles. The van der Waals surface area contributed by atoms with Crippen molar-refractivity contribution in [3.8, 4) is 11.5 Å². The number of esters is 2. The maximum absolute atomic E-state index is 11.5. The highest BCUT2D eigenvalue weighted by Gasteiger charge is 2.34. The number of rotatable bonds is 12. The van der Waals surface area contributed by atoms with E-state index in [4.69, 9.17) is 14.2 Å². The van der Waals surface area contributed by atoms with Crippen LogP contribution in [-0.2, 0) is 32.2 Å². The molecule has 328 valence electrons. The molecule has 60 heavy (non-hydrogen) atoms. The van der Waals surface area contributed by atoms with Gasteiger partial charge >= 0.3 is 11.9 Å². The molecule has 2 aliphatic heterocycles. The molecule has 2 N–H and O–H groups in total. The Balaban J connectivity index is 0.000000190. The fourth-order valence-corrected chi connectivity index (χ4v) is 9.35. The molecule has 8 rings (SSSR count). The molecule has 0 bridgehead atoms. The lowest BCUT2D eigenvalue weighted by Crippen LogP contribution is -2.49. The largest absolute Gasteiger partial charge is 0.508 e. The highest BCUT2D eigenvalue weighted by atomic mass is 16.5. The van der Waals surface area contributed by atoms with Crippen molar-refractivity contribution < 1.29 is 34.0 Å². The van der Waals surface area contributed by atoms with Gasteiger partial charge in [0.15, 0.2) is 0 Å². The molecular weight excluding hydrogens is 753 g/mol. The van der Waals surface area contributed by atoms with Gasteiger partial charge in [0.05, 0.1) is 38.3 Å². The molecule has 2 heterocycles. The SMILES string of the molecule is C.CCCC1CCC(O)CC1.CCCC1CCC(Oc2ccc3cc(CN4CC(C(=O)OC)C4)ccc3c2)CC1.COC(=O)C1CN(Cc2ccc3cc(O)ccc3c2)C1. The van der Waals surface area contributed by atoms with Crippen LogP contribution in [0.2, 0.25) is 0 Å². The topological polar surface area (TPSA) is 109 Å². The monoisotopic (exact) mass is 825 g/mol. The fourth-order valence-electron chi connectivity index (χ4n) is 9.35. The lowest BCUT2D eigenvalue weighted by atomic mass is 9.85. The van der Waals surface area contributed by atoms with Crippen LogP contribution in [0.1, 0.15) is 109 Å². The van der Waals surface area contributed by atoms with Crippen molar-refractivity contribution in [3.05, 3.63) is 83.9 Å². The van der Waals surface area contributed by atoms with E-state index in [9.17, 15) is 19.8 Å². The van der Waals surface area contributed by atoms with E-state index in [2.05, 4.69) is 72.2 Å². The molecule has 0 radical (unpaired) electrons. The first-order valence-corrected chi connectivity index (χ1v) is 22.3. The number of likely N-dealkylation sites (tertiary alicyclic amines) is 2.